The lowest BCUT2D eigenvalue weighted by atomic mass is 10.0. The SMILES string of the molecule is COc1ccc(CCN2C(=O)/C(=C/c3cccc4ccccc34)SC2=S)cc1. The molecule has 140 valence electrons. The van der Waals surface area contributed by atoms with Gasteiger partial charge < -0.3 is 4.74 Å². The van der Waals surface area contributed by atoms with E-state index >= 15 is 0 Å². The molecule has 0 aromatic heterocycles. The molecule has 0 spiro atoms. The van der Waals surface area contributed by atoms with Crippen LogP contribution in [0.3, 0.4) is 0 Å². The number of nitrogens with zero attached hydrogens (tertiary/aromatic N) is 1. The topological polar surface area (TPSA) is 29.5 Å². The molecule has 0 bridgehead atoms. The minimum atomic E-state index is -0.0172. The van der Waals surface area contributed by atoms with Gasteiger partial charge in [0.25, 0.3) is 5.91 Å². The summed E-state index contributed by atoms with van der Waals surface area (Å²) >= 11 is 6.84. The van der Waals surface area contributed by atoms with E-state index < -0.39 is 0 Å². The Morgan fingerprint density at radius 3 is 2.57 bits per heavy atom. The summed E-state index contributed by atoms with van der Waals surface area (Å²) in [7, 11) is 1.65. The van der Waals surface area contributed by atoms with Crippen molar-refractivity contribution in [1.82, 2.24) is 4.90 Å². The zero-order chi connectivity index (χ0) is 19.5. The summed E-state index contributed by atoms with van der Waals surface area (Å²) < 4.78 is 5.80. The van der Waals surface area contributed by atoms with Gasteiger partial charge in [-0.2, -0.15) is 0 Å². The molecule has 0 atom stereocenters. The number of thioether (sulfide) groups is 1. The molecule has 4 rings (SSSR count). The van der Waals surface area contributed by atoms with Gasteiger partial charge in [-0.15, -0.1) is 0 Å². The molecule has 0 radical (unpaired) electrons. The molecule has 0 N–H and O–H groups in total. The number of amides is 1. The van der Waals surface area contributed by atoms with Crippen LogP contribution in [0.5, 0.6) is 5.75 Å². The van der Waals surface area contributed by atoms with Crippen LogP contribution in [0, 0.1) is 0 Å². The minimum absolute atomic E-state index is 0.0172. The molecule has 28 heavy (non-hydrogen) atoms. The van der Waals surface area contributed by atoms with E-state index in [4.69, 9.17) is 17.0 Å². The summed E-state index contributed by atoms with van der Waals surface area (Å²) in [4.78, 5) is 15.3. The standard InChI is InChI=1S/C23H19NO2S2/c1-26-19-11-9-16(10-12-19)13-14-24-22(25)21(28-23(24)27)15-18-7-4-6-17-5-2-3-8-20(17)18/h2-12,15H,13-14H2,1H3/b21-15-. The number of benzene rings is 3. The first-order chi connectivity index (χ1) is 13.7. The van der Waals surface area contributed by atoms with Crippen molar-refractivity contribution < 1.29 is 9.53 Å². The Labute approximate surface area is 174 Å². The van der Waals surface area contributed by atoms with Crippen molar-refractivity contribution in [1.29, 1.82) is 0 Å². The molecule has 3 nitrogen and oxygen atoms in total. The maximum absolute atomic E-state index is 12.9. The van der Waals surface area contributed by atoms with Crippen molar-refractivity contribution in [3.63, 3.8) is 0 Å². The van der Waals surface area contributed by atoms with Crippen molar-refractivity contribution in [3.05, 3.63) is 82.8 Å². The number of methoxy groups -OCH3 is 1. The molecule has 1 aliphatic heterocycles. The first kappa shape index (κ1) is 18.7. The Hall–Kier alpha value is -2.63. The molecule has 0 aliphatic carbocycles. The van der Waals surface area contributed by atoms with Crippen molar-refractivity contribution in [3.8, 4) is 5.75 Å². The molecule has 0 unspecified atom stereocenters. The quantitative estimate of drug-likeness (QED) is 0.426. The van der Waals surface area contributed by atoms with Gasteiger partial charge in [-0.25, -0.2) is 0 Å². The Morgan fingerprint density at radius 1 is 1.04 bits per heavy atom. The van der Waals surface area contributed by atoms with Gasteiger partial charge in [-0.1, -0.05) is 78.6 Å². The van der Waals surface area contributed by atoms with Crippen molar-refractivity contribution in [2.45, 2.75) is 6.42 Å². The van der Waals surface area contributed by atoms with E-state index in [1.54, 1.807) is 12.0 Å². The molecule has 1 fully saturated rings. The fraction of sp³-hybridized carbons (Fsp3) is 0.130. The van der Waals surface area contributed by atoms with Gasteiger partial charge >= 0.3 is 0 Å². The lowest BCUT2D eigenvalue weighted by Gasteiger charge is -2.14. The van der Waals surface area contributed by atoms with Gasteiger partial charge in [0.1, 0.15) is 10.1 Å². The molecule has 3 aromatic carbocycles. The highest BCUT2D eigenvalue weighted by Crippen LogP contribution is 2.34. The number of thiocarbonyl (C=S) groups is 1. The van der Waals surface area contributed by atoms with E-state index in [1.165, 1.54) is 11.8 Å². The number of rotatable bonds is 5. The predicted octanol–water partition coefficient (Wildman–Crippen LogP) is 5.29. The van der Waals surface area contributed by atoms with Gasteiger partial charge in [-0.3, -0.25) is 9.69 Å². The number of carbonyl (C=O) groups excluding carboxylic acids is 1. The Bertz CT molecular complexity index is 1070. The van der Waals surface area contributed by atoms with Crippen LogP contribution in [0.1, 0.15) is 11.1 Å². The third kappa shape index (κ3) is 3.81. The second-order valence-electron chi connectivity index (χ2n) is 6.50. The highest BCUT2D eigenvalue weighted by atomic mass is 32.2. The van der Waals surface area contributed by atoms with E-state index in [9.17, 15) is 4.79 Å². The molecule has 0 saturated carbocycles. The summed E-state index contributed by atoms with van der Waals surface area (Å²) in [6, 6.07) is 22.2. The molecule has 5 heteroatoms. The number of ether oxygens (including phenoxy) is 1. The van der Waals surface area contributed by atoms with Crippen LogP contribution in [-0.2, 0) is 11.2 Å². The van der Waals surface area contributed by atoms with Crippen LogP contribution in [0.15, 0.2) is 71.6 Å². The molecular formula is C23H19NO2S2. The van der Waals surface area contributed by atoms with Crippen LogP contribution >= 0.6 is 24.0 Å². The Morgan fingerprint density at radius 2 is 1.79 bits per heavy atom. The Balaban J connectivity index is 1.52. The smallest absolute Gasteiger partial charge is 0.266 e. The largest absolute Gasteiger partial charge is 0.497 e. The number of carbonyl (C=O) groups is 1. The summed E-state index contributed by atoms with van der Waals surface area (Å²) in [6.45, 7) is 0.573. The van der Waals surface area contributed by atoms with E-state index in [1.807, 2.05) is 54.6 Å². The van der Waals surface area contributed by atoms with Crippen LogP contribution in [0.25, 0.3) is 16.8 Å². The minimum Gasteiger partial charge on any atom is -0.497 e. The van der Waals surface area contributed by atoms with Crippen molar-refractivity contribution in [2.24, 2.45) is 0 Å². The highest BCUT2D eigenvalue weighted by Gasteiger charge is 2.31. The van der Waals surface area contributed by atoms with Gasteiger partial charge in [0.2, 0.25) is 0 Å². The molecule has 1 saturated heterocycles. The monoisotopic (exact) mass is 405 g/mol. The summed E-state index contributed by atoms with van der Waals surface area (Å²) in [5.41, 5.74) is 2.18. The van der Waals surface area contributed by atoms with Crippen LogP contribution in [0.2, 0.25) is 0 Å². The first-order valence-corrected chi connectivity index (χ1v) is 10.2. The van der Waals surface area contributed by atoms with Crippen molar-refractivity contribution >= 4 is 51.1 Å². The van der Waals surface area contributed by atoms with Gasteiger partial charge in [0, 0.05) is 6.54 Å². The molecule has 1 amide bonds. The van der Waals surface area contributed by atoms with Gasteiger partial charge in [-0.05, 0) is 46.5 Å². The van der Waals surface area contributed by atoms with Crippen LogP contribution in [0.4, 0.5) is 0 Å². The fourth-order valence-corrected chi connectivity index (χ4v) is 4.54. The number of hydrogen-bond acceptors (Lipinski definition) is 4. The van der Waals surface area contributed by atoms with E-state index in [0.29, 0.717) is 15.8 Å². The fourth-order valence-electron chi connectivity index (χ4n) is 3.24. The zero-order valence-electron chi connectivity index (χ0n) is 15.4. The third-order valence-electron chi connectivity index (χ3n) is 4.77. The molecule has 1 aliphatic rings. The molecule has 3 aromatic rings. The first-order valence-electron chi connectivity index (χ1n) is 9.02. The van der Waals surface area contributed by atoms with Crippen LogP contribution < -0.4 is 4.74 Å². The normalized spacial score (nSPS) is 15.6. The second-order valence-corrected chi connectivity index (χ2v) is 8.18. The third-order valence-corrected chi connectivity index (χ3v) is 6.14. The van der Waals surface area contributed by atoms with Crippen molar-refractivity contribution in [2.75, 3.05) is 13.7 Å². The van der Waals surface area contributed by atoms with Gasteiger partial charge in [0.05, 0.1) is 12.0 Å². The van der Waals surface area contributed by atoms with Gasteiger partial charge in [0.15, 0.2) is 0 Å². The second kappa shape index (κ2) is 8.17. The van der Waals surface area contributed by atoms with E-state index in [-0.39, 0.29) is 5.91 Å². The lowest BCUT2D eigenvalue weighted by molar-refractivity contribution is -0.122. The lowest BCUT2D eigenvalue weighted by Crippen LogP contribution is -2.30. The maximum atomic E-state index is 12.9. The maximum Gasteiger partial charge on any atom is 0.266 e. The summed E-state index contributed by atoms with van der Waals surface area (Å²) in [6.07, 6.45) is 2.70. The van der Waals surface area contributed by atoms with E-state index in [2.05, 4.69) is 18.2 Å². The zero-order valence-corrected chi connectivity index (χ0v) is 17.1. The summed E-state index contributed by atoms with van der Waals surface area (Å²) in [5.74, 6) is 0.809. The summed E-state index contributed by atoms with van der Waals surface area (Å²) in [5, 5.41) is 2.29. The molecular weight excluding hydrogens is 386 g/mol. The average Bonchev–Trinajstić information content (AvgIpc) is 3.00. The van der Waals surface area contributed by atoms with Crippen LogP contribution in [-0.4, -0.2) is 28.8 Å². The number of fused-ring (bicyclic) bond motifs is 1. The predicted molar refractivity (Wildman–Crippen MR) is 121 cm³/mol. The average molecular weight is 406 g/mol. The highest BCUT2D eigenvalue weighted by molar-refractivity contribution is 8.26. The Kier molecular flexibility index (Phi) is 5.46. The molecule has 1 heterocycles. The van der Waals surface area contributed by atoms with E-state index in [0.717, 1.165) is 34.1 Å². The number of hydrogen-bond donors (Lipinski definition) is 0.